The minimum atomic E-state index is -0.669. The molecule has 3 heteroatoms. The standard InChI is InChI=1S/C11H23NO2/c1-8(2)12-7-10(13)6-11(3,14)9-4-5-9/h8-10,12-14H,4-7H2,1-3H3. The van der Waals surface area contributed by atoms with Crippen LogP contribution in [-0.4, -0.2) is 34.5 Å². The van der Waals surface area contributed by atoms with Gasteiger partial charge in [-0.05, 0) is 25.7 Å². The van der Waals surface area contributed by atoms with Crippen molar-refractivity contribution >= 4 is 0 Å². The molecule has 0 aromatic rings. The first kappa shape index (κ1) is 12.0. The Bertz CT molecular complexity index is 176. The summed E-state index contributed by atoms with van der Waals surface area (Å²) in [5.41, 5.74) is -0.669. The van der Waals surface area contributed by atoms with Crippen molar-refractivity contribution in [3.05, 3.63) is 0 Å². The molecule has 1 rings (SSSR count). The lowest BCUT2D eigenvalue weighted by atomic mass is 9.93. The lowest BCUT2D eigenvalue weighted by Crippen LogP contribution is -2.38. The highest BCUT2D eigenvalue weighted by atomic mass is 16.3. The van der Waals surface area contributed by atoms with Crippen molar-refractivity contribution in [2.45, 2.75) is 57.8 Å². The SMILES string of the molecule is CC(C)NCC(O)CC(C)(O)C1CC1. The molecular formula is C11H23NO2. The molecule has 0 spiro atoms. The minimum Gasteiger partial charge on any atom is -0.392 e. The number of aliphatic hydroxyl groups is 2. The van der Waals surface area contributed by atoms with Crippen LogP contribution in [0.25, 0.3) is 0 Å². The van der Waals surface area contributed by atoms with Gasteiger partial charge in [0.1, 0.15) is 0 Å². The smallest absolute Gasteiger partial charge is 0.0692 e. The molecule has 1 aliphatic rings. The normalized spacial score (nSPS) is 23.6. The van der Waals surface area contributed by atoms with E-state index in [0.29, 0.717) is 24.9 Å². The van der Waals surface area contributed by atoms with Gasteiger partial charge in [-0.3, -0.25) is 0 Å². The second-order valence-corrected chi connectivity index (χ2v) is 5.05. The number of aliphatic hydroxyl groups excluding tert-OH is 1. The third kappa shape index (κ3) is 3.95. The van der Waals surface area contributed by atoms with Crippen LogP contribution >= 0.6 is 0 Å². The van der Waals surface area contributed by atoms with Crippen molar-refractivity contribution in [3.8, 4) is 0 Å². The van der Waals surface area contributed by atoms with Crippen LogP contribution in [0.3, 0.4) is 0 Å². The first-order valence-corrected chi connectivity index (χ1v) is 5.55. The Hall–Kier alpha value is -0.120. The fourth-order valence-electron chi connectivity index (χ4n) is 1.79. The Morgan fingerprint density at radius 3 is 2.43 bits per heavy atom. The highest BCUT2D eigenvalue weighted by molar-refractivity contribution is 4.92. The van der Waals surface area contributed by atoms with Gasteiger partial charge in [-0.25, -0.2) is 0 Å². The van der Waals surface area contributed by atoms with Crippen molar-refractivity contribution in [1.82, 2.24) is 5.32 Å². The minimum absolute atomic E-state index is 0.385. The number of hydrogen-bond donors (Lipinski definition) is 3. The van der Waals surface area contributed by atoms with Crippen molar-refractivity contribution in [2.75, 3.05) is 6.54 Å². The van der Waals surface area contributed by atoms with E-state index in [1.165, 1.54) is 0 Å². The van der Waals surface area contributed by atoms with E-state index in [0.717, 1.165) is 12.8 Å². The first-order chi connectivity index (χ1) is 6.42. The molecule has 0 amide bonds. The van der Waals surface area contributed by atoms with E-state index in [1.54, 1.807) is 0 Å². The van der Waals surface area contributed by atoms with Crippen LogP contribution < -0.4 is 5.32 Å². The van der Waals surface area contributed by atoms with Crippen LogP contribution in [-0.2, 0) is 0 Å². The zero-order valence-electron chi connectivity index (χ0n) is 9.45. The van der Waals surface area contributed by atoms with Crippen LogP contribution in [0.1, 0.15) is 40.0 Å². The van der Waals surface area contributed by atoms with E-state index >= 15 is 0 Å². The topological polar surface area (TPSA) is 52.5 Å². The molecule has 14 heavy (non-hydrogen) atoms. The summed E-state index contributed by atoms with van der Waals surface area (Å²) >= 11 is 0. The third-order valence-corrected chi connectivity index (χ3v) is 2.87. The summed E-state index contributed by atoms with van der Waals surface area (Å²) in [4.78, 5) is 0. The van der Waals surface area contributed by atoms with Crippen LogP contribution in [0.4, 0.5) is 0 Å². The molecule has 0 aromatic carbocycles. The quantitative estimate of drug-likeness (QED) is 0.598. The van der Waals surface area contributed by atoms with E-state index in [9.17, 15) is 10.2 Å². The fourth-order valence-corrected chi connectivity index (χ4v) is 1.79. The molecule has 0 radical (unpaired) electrons. The zero-order chi connectivity index (χ0) is 10.8. The van der Waals surface area contributed by atoms with Crippen LogP contribution in [0.2, 0.25) is 0 Å². The maximum Gasteiger partial charge on any atom is 0.0692 e. The number of hydrogen-bond acceptors (Lipinski definition) is 3. The molecule has 0 bridgehead atoms. The summed E-state index contributed by atoms with van der Waals surface area (Å²) in [6.07, 6.45) is 2.26. The molecule has 0 aliphatic heterocycles. The molecule has 1 saturated carbocycles. The highest BCUT2D eigenvalue weighted by Crippen LogP contribution is 2.41. The average Bonchev–Trinajstić information content (AvgIpc) is 2.81. The summed E-state index contributed by atoms with van der Waals surface area (Å²) in [5.74, 6) is 0.413. The second kappa shape index (κ2) is 4.60. The van der Waals surface area contributed by atoms with E-state index in [4.69, 9.17) is 0 Å². The molecule has 1 fully saturated rings. The summed E-state index contributed by atoms with van der Waals surface area (Å²) < 4.78 is 0. The monoisotopic (exact) mass is 201 g/mol. The lowest BCUT2D eigenvalue weighted by molar-refractivity contribution is -0.0133. The Balaban J connectivity index is 2.21. The summed E-state index contributed by atoms with van der Waals surface area (Å²) in [6.45, 7) is 6.50. The van der Waals surface area contributed by atoms with Gasteiger partial charge in [0.05, 0.1) is 11.7 Å². The molecule has 84 valence electrons. The van der Waals surface area contributed by atoms with Gasteiger partial charge in [0.2, 0.25) is 0 Å². The van der Waals surface area contributed by atoms with Crippen molar-refractivity contribution in [1.29, 1.82) is 0 Å². The highest BCUT2D eigenvalue weighted by Gasteiger charge is 2.40. The summed E-state index contributed by atoms with van der Waals surface area (Å²) in [7, 11) is 0. The van der Waals surface area contributed by atoms with Gasteiger partial charge in [-0.1, -0.05) is 13.8 Å². The maximum atomic E-state index is 10.0. The molecule has 2 unspecified atom stereocenters. The summed E-state index contributed by atoms with van der Waals surface area (Å²) in [5, 5.41) is 22.9. The number of rotatable bonds is 6. The average molecular weight is 201 g/mol. The molecule has 0 saturated heterocycles. The van der Waals surface area contributed by atoms with Gasteiger partial charge in [0.25, 0.3) is 0 Å². The van der Waals surface area contributed by atoms with Crippen molar-refractivity contribution in [2.24, 2.45) is 5.92 Å². The van der Waals surface area contributed by atoms with Gasteiger partial charge in [-0.2, -0.15) is 0 Å². The Morgan fingerprint density at radius 1 is 1.43 bits per heavy atom. The van der Waals surface area contributed by atoms with Gasteiger partial charge in [0, 0.05) is 19.0 Å². The van der Waals surface area contributed by atoms with E-state index in [-0.39, 0.29) is 0 Å². The molecule has 0 heterocycles. The van der Waals surface area contributed by atoms with Crippen LogP contribution in [0.5, 0.6) is 0 Å². The Labute approximate surface area is 86.5 Å². The molecule has 0 aromatic heterocycles. The first-order valence-electron chi connectivity index (χ1n) is 5.55. The third-order valence-electron chi connectivity index (χ3n) is 2.87. The predicted molar refractivity (Wildman–Crippen MR) is 57.1 cm³/mol. The predicted octanol–water partition coefficient (Wildman–Crippen LogP) is 0.896. The molecular weight excluding hydrogens is 178 g/mol. The van der Waals surface area contributed by atoms with Gasteiger partial charge >= 0.3 is 0 Å². The molecule has 1 aliphatic carbocycles. The van der Waals surface area contributed by atoms with Gasteiger partial charge in [-0.15, -0.1) is 0 Å². The van der Waals surface area contributed by atoms with Crippen LogP contribution in [0.15, 0.2) is 0 Å². The van der Waals surface area contributed by atoms with Crippen molar-refractivity contribution in [3.63, 3.8) is 0 Å². The van der Waals surface area contributed by atoms with Gasteiger partial charge < -0.3 is 15.5 Å². The van der Waals surface area contributed by atoms with Crippen LogP contribution in [0, 0.1) is 5.92 Å². The summed E-state index contributed by atoms with van der Waals surface area (Å²) in [6, 6.07) is 0.385. The largest absolute Gasteiger partial charge is 0.392 e. The lowest BCUT2D eigenvalue weighted by Gasteiger charge is -2.26. The van der Waals surface area contributed by atoms with Crippen molar-refractivity contribution < 1.29 is 10.2 Å². The molecule has 3 nitrogen and oxygen atoms in total. The van der Waals surface area contributed by atoms with Gasteiger partial charge in [0.15, 0.2) is 0 Å². The Morgan fingerprint density at radius 2 is 2.00 bits per heavy atom. The molecule has 3 N–H and O–H groups in total. The second-order valence-electron chi connectivity index (χ2n) is 5.05. The van der Waals surface area contributed by atoms with E-state index in [2.05, 4.69) is 5.32 Å². The van der Waals surface area contributed by atoms with E-state index in [1.807, 2.05) is 20.8 Å². The number of nitrogens with one attached hydrogen (secondary N) is 1. The fraction of sp³-hybridized carbons (Fsp3) is 1.00. The zero-order valence-corrected chi connectivity index (χ0v) is 9.45. The molecule has 2 atom stereocenters. The maximum absolute atomic E-state index is 10.0. The Kier molecular flexibility index (Phi) is 3.93. The van der Waals surface area contributed by atoms with E-state index < -0.39 is 11.7 Å².